The molecule has 0 aliphatic carbocycles. The number of benzene rings is 2. The molecule has 2 aromatic rings. The van der Waals surface area contributed by atoms with Gasteiger partial charge in [-0.15, -0.1) is 0 Å². The number of likely N-dealkylation sites (tertiary alicyclic amines) is 1. The van der Waals surface area contributed by atoms with Gasteiger partial charge in [0.1, 0.15) is 0 Å². The van der Waals surface area contributed by atoms with Crippen molar-refractivity contribution in [2.24, 2.45) is 4.99 Å². The molecule has 5 heteroatoms. The molecule has 2 aliphatic heterocycles. The van der Waals surface area contributed by atoms with Gasteiger partial charge < -0.3 is 10.2 Å². The third-order valence-corrected chi connectivity index (χ3v) is 7.62. The fourth-order valence-electron chi connectivity index (χ4n) is 4.62. The van der Waals surface area contributed by atoms with E-state index in [2.05, 4.69) is 49.2 Å². The minimum Gasteiger partial charge on any atom is -0.352 e. The van der Waals surface area contributed by atoms with Gasteiger partial charge in [-0.25, -0.2) is 0 Å². The highest BCUT2D eigenvalue weighted by Crippen LogP contribution is 2.41. The maximum Gasteiger partial charge on any atom is 0.251 e. The Morgan fingerprint density at radius 3 is 2.84 bits per heavy atom. The summed E-state index contributed by atoms with van der Waals surface area (Å²) in [4.78, 5) is 22.8. The summed E-state index contributed by atoms with van der Waals surface area (Å²) >= 11 is 1.75. The molecule has 2 aromatic carbocycles. The van der Waals surface area contributed by atoms with Crippen LogP contribution in [0.25, 0.3) is 0 Å². The standard InChI is InChI=1S/C27H35N3OS/c1-4-8-23-22-17-19(2)10-12-25(22)32-26-13-11-21(18-24(26)29-23)27(31)28-14-7-16-30-15-6-5-9-20(30)3/h10-13,17-18,20H,4-9,14-16H2,1-3H3,(H,28,31). The highest BCUT2D eigenvalue weighted by Gasteiger charge is 2.20. The number of nitrogens with one attached hydrogen (secondary N) is 1. The summed E-state index contributed by atoms with van der Waals surface area (Å²) < 4.78 is 0. The summed E-state index contributed by atoms with van der Waals surface area (Å²) in [6.45, 7) is 9.59. The normalized spacial score (nSPS) is 18.3. The van der Waals surface area contributed by atoms with Crippen molar-refractivity contribution < 1.29 is 4.79 Å². The van der Waals surface area contributed by atoms with Gasteiger partial charge in [-0.1, -0.05) is 43.2 Å². The van der Waals surface area contributed by atoms with E-state index in [9.17, 15) is 4.79 Å². The van der Waals surface area contributed by atoms with E-state index in [0.717, 1.165) is 42.1 Å². The number of nitrogens with zero attached hydrogens (tertiary/aromatic N) is 2. The molecule has 0 spiro atoms. The fraction of sp³-hybridized carbons (Fsp3) is 0.481. The van der Waals surface area contributed by atoms with Gasteiger partial charge in [-0.2, -0.15) is 0 Å². The Morgan fingerprint density at radius 1 is 1.19 bits per heavy atom. The molecule has 4 nitrogen and oxygen atoms in total. The maximum atomic E-state index is 12.8. The summed E-state index contributed by atoms with van der Waals surface area (Å²) in [5.41, 5.74) is 5.19. The molecule has 1 fully saturated rings. The summed E-state index contributed by atoms with van der Waals surface area (Å²) in [6, 6.07) is 13.2. The quantitative estimate of drug-likeness (QED) is 0.499. The van der Waals surface area contributed by atoms with Gasteiger partial charge in [0, 0.05) is 45.8 Å². The van der Waals surface area contributed by atoms with Crippen LogP contribution in [0.4, 0.5) is 5.69 Å². The third-order valence-electron chi connectivity index (χ3n) is 6.48. The Balaban J connectivity index is 1.44. The van der Waals surface area contributed by atoms with Crippen molar-refractivity contribution in [2.45, 2.75) is 75.1 Å². The molecular weight excluding hydrogens is 414 g/mol. The average molecular weight is 450 g/mol. The number of carbonyl (C=O) groups excluding carboxylic acids is 1. The first kappa shape index (κ1) is 23.1. The molecule has 1 N–H and O–H groups in total. The van der Waals surface area contributed by atoms with E-state index in [4.69, 9.17) is 4.99 Å². The SMILES string of the molecule is CCCC1=Nc2cc(C(=O)NCCCN3CCCCC3C)ccc2Sc2ccc(C)cc21. The molecule has 2 heterocycles. The highest BCUT2D eigenvalue weighted by atomic mass is 32.2. The van der Waals surface area contributed by atoms with Crippen molar-refractivity contribution in [2.75, 3.05) is 19.6 Å². The van der Waals surface area contributed by atoms with Gasteiger partial charge in [0.25, 0.3) is 5.91 Å². The molecule has 0 aromatic heterocycles. The molecule has 0 saturated carbocycles. The van der Waals surface area contributed by atoms with Crippen LogP contribution in [0.15, 0.2) is 51.2 Å². The van der Waals surface area contributed by atoms with E-state index in [1.54, 1.807) is 11.8 Å². The van der Waals surface area contributed by atoms with Gasteiger partial charge in [0.05, 0.1) is 5.69 Å². The van der Waals surface area contributed by atoms with Crippen molar-refractivity contribution in [3.8, 4) is 0 Å². The number of hydrogen-bond donors (Lipinski definition) is 1. The molecular formula is C27H35N3OS. The Hall–Kier alpha value is -2.11. The zero-order valence-electron chi connectivity index (χ0n) is 19.6. The van der Waals surface area contributed by atoms with Crippen molar-refractivity contribution in [3.63, 3.8) is 0 Å². The predicted molar refractivity (Wildman–Crippen MR) is 135 cm³/mol. The molecule has 2 aliphatic rings. The van der Waals surface area contributed by atoms with Crippen LogP contribution in [-0.4, -0.2) is 42.2 Å². The van der Waals surface area contributed by atoms with Crippen LogP contribution in [0.2, 0.25) is 0 Å². The van der Waals surface area contributed by atoms with Crippen LogP contribution in [0.5, 0.6) is 0 Å². The van der Waals surface area contributed by atoms with E-state index in [1.807, 2.05) is 18.2 Å². The molecule has 1 amide bonds. The van der Waals surface area contributed by atoms with E-state index in [1.165, 1.54) is 41.8 Å². The molecule has 170 valence electrons. The lowest BCUT2D eigenvalue weighted by atomic mass is 10.0. The van der Waals surface area contributed by atoms with Gasteiger partial charge in [-0.05, 0) is 76.4 Å². The topological polar surface area (TPSA) is 44.7 Å². The van der Waals surface area contributed by atoms with E-state index in [-0.39, 0.29) is 5.91 Å². The number of aliphatic imine (C=N–C) groups is 1. The van der Waals surface area contributed by atoms with Crippen LogP contribution in [0.1, 0.15) is 73.9 Å². The minimum absolute atomic E-state index is 0.00524. The lowest BCUT2D eigenvalue weighted by Crippen LogP contribution is -2.39. The summed E-state index contributed by atoms with van der Waals surface area (Å²) in [5.74, 6) is -0.00524. The summed E-state index contributed by atoms with van der Waals surface area (Å²) in [5, 5.41) is 3.12. The predicted octanol–water partition coefficient (Wildman–Crippen LogP) is 6.37. The lowest BCUT2D eigenvalue weighted by molar-refractivity contribution is 0.0949. The van der Waals surface area contributed by atoms with Gasteiger partial charge in [0.2, 0.25) is 0 Å². The van der Waals surface area contributed by atoms with E-state index in [0.29, 0.717) is 18.2 Å². The van der Waals surface area contributed by atoms with Crippen LogP contribution in [0, 0.1) is 6.92 Å². The first-order valence-electron chi connectivity index (χ1n) is 12.1. The molecule has 0 bridgehead atoms. The van der Waals surface area contributed by atoms with Crippen molar-refractivity contribution >= 4 is 29.1 Å². The van der Waals surface area contributed by atoms with Gasteiger partial charge in [0.15, 0.2) is 0 Å². The summed E-state index contributed by atoms with van der Waals surface area (Å²) in [6.07, 6.45) is 6.91. The molecule has 1 atom stereocenters. The highest BCUT2D eigenvalue weighted by molar-refractivity contribution is 7.99. The molecule has 1 saturated heterocycles. The Bertz CT molecular complexity index is 1000. The minimum atomic E-state index is -0.00524. The third kappa shape index (κ3) is 5.44. The van der Waals surface area contributed by atoms with Gasteiger partial charge >= 0.3 is 0 Å². The summed E-state index contributed by atoms with van der Waals surface area (Å²) in [7, 11) is 0. The zero-order chi connectivity index (χ0) is 22.5. The second kappa shape index (κ2) is 10.7. The van der Waals surface area contributed by atoms with Crippen molar-refractivity contribution in [1.29, 1.82) is 0 Å². The monoisotopic (exact) mass is 449 g/mol. The van der Waals surface area contributed by atoms with E-state index >= 15 is 0 Å². The number of rotatable bonds is 7. The number of carbonyl (C=O) groups is 1. The largest absolute Gasteiger partial charge is 0.352 e. The Kier molecular flexibility index (Phi) is 7.69. The molecule has 32 heavy (non-hydrogen) atoms. The Morgan fingerprint density at radius 2 is 2.03 bits per heavy atom. The number of fused-ring (bicyclic) bond motifs is 2. The smallest absolute Gasteiger partial charge is 0.251 e. The number of amides is 1. The lowest BCUT2D eigenvalue weighted by Gasteiger charge is -2.33. The zero-order valence-corrected chi connectivity index (χ0v) is 20.4. The Labute approximate surface area is 196 Å². The molecule has 1 unspecified atom stereocenters. The van der Waals surface area contributed by atoms with Crippen LogP contribution >= 0.6 is 11.8 Å². The second-order valence-electron chi connectivity index (χ2n) is 9.08. The maximum absolute atomic E-state index is 12.8. The second-order valence-corrected chi connectivity index (χ2v) is 10.2. The van der Waals surface area contributed by atoms with Crippen molar-refractivity contribution in [3.05, 3.63) is 53.1 Å². The van der Waals surface area contributed by atoms with Crippen LogP contribution < -0.4 is 5.32 Å². The average Bonchev–Trinajstić information content (AvgIpc) is 2.94. The van der Waals surface area contributed by atoms with Crippen LogP contribution in [0.3, 0.4) is 0 Å². The molecule has 0 radical (unpaired) electrons. The van der Waals surface area contributed by atoms with Crippen LogP contribution in [-0.2, 0) is 0 Å². The molecule has 4 rings (SSSR count). The van der Waals surface area contributed by atoms with E-state index < -0.39 is 0 Å². The first-order chi connectivity index (χ1) is 15.5. The van der Waals surface area contributed by atoms with Crippen molar-refractivity contribution in [1.82, 2.24) is 10.2 Å². The number of hydrogen-bond acceptors (Lipinski definition) is 4. The number of piperidine rings is 1. The number of aryl methyl sites for hydroxylation is 1. The fourth-order valence-corrected chi connectivity index (χ4v) is 5.62. The first-order valence-corrected chi connectivity index (χ1v) is 12.9. The van der Waals surface area contributed by atoms with Gasteiger partial charge in [-0.3, -0.25) is 9.79 Å².